The Kier molecular flexibility index (Phi) is 9.98. The van der Waals surface area contributed by atoms with Gasteiger partial charge >= 0.3 is 0 Å². The van der Waals surface area contributed by atoms with Crippen LogP contribution >= 0.6 is 12.4 Å². The van der Waals surface area contributed by atoms with Crippen LogP contribution in [-0.2, 0) is 11.3 Å². The molecule has 2 N–H and O–H groups in total. The van der Waals surface area contributed by atoms with Crippen LogP contribution in [0.4, 0.5) is 0 Å². The van der Waals surface area contributed by atoms with Crippen LogP contribution in [0.2, 0.25) is 0 Å². The fourth-order valence-corrected chi connectivity index (χ4v) is 2.16. The van der Waals surface area contributed by atoms with Gasteiger partial charge in [0, 0.05) is 31.3 Å². The van der Waals surface area contributed by atoms with E-state index in [2.05, 4.69) is 10.5 Å². The molecule has 0 saturated carbocycles. The molecule has 26 heavy (non-hydrogen) atoms. The van der Waals surface area contributed by atoms with Crippen molar-refractivity contribution in [1.82, 2.24) is 10.5 Å². The number of hydrogen-bond donors (Lipinski definition) is 2. The lowest BCUT2D eigenvalue weighted by Gasteiger charge is -2.16. The van der Waals surface area contributed by atoms with Gasteiger partial charge in [0.15, 0.2) is 5.76 Å². The van der Waals surface area contributed by atoms with E-state index >= 15 is 0 Å². The molecule has 1 aromatic heterocycles. The largest absolute Gasteiger partial charge is 0.490 e. The van der Waals surface area contributed by atoms with E-state index in [-0.39, 0.29) is 19.0 Å². The maximum absolute atomic E-state index is 9.97. The van der Waals surface area contributed by atoms with Crippen LogP contribution in [0.25, 0.3) is 12.2 Å². The number of nitrogens with zero attached hydrogens (tertiary/aromatic N) is 1. The average molecular weight is 383 g/mol. The van der Waals surface area contributed by atoms with Crippen LogP contribution in [0.1, 0.15) is 30.9 Å². The van der Waals surface area contributed by atoms with Crippen molar-refractivity contribution in [1.29, 1.82) is 0 Å². The van der Waals surface area contributed by atoms with Gasteiger partial charge in [0.2, 0.25) is 0 Å². The molecule has 0 aliphatic carbocycles. The third-order valence-electron chi connectivity index (χ3n) is 3.41. The molecule has 7 heteroatoms. The lowest BCUT2D eigenvalue weighted by molar-refractivity contribution is 0.104. The minimum absolute atomic E-state index is 0. The Morgan fingerprint density at radius 3 is 2.77 bits per heavy atom. The molecule has 0 aliphatic rings. The molecule has 1 atom stereocenters. The summed E-state index contributed by atoms with van der Waals surface area (Å²) in [6.07, 6.45) is 3.15. The van der Waals surface area contributed by atoms with Gasteiger partial charge in [-0.15, -0.1) is 12.4 Å². The van der Waals surface area contributed by atoms with E-state index in [1.165, 1.54) is 0 Å². The fourth-order valence-electron chi connectivity index (χ4n) is 2.16. The summed E-state index contributed by atoms with van der Waals surface area (Å²) in [6.45, 7) is 5.21. The zero-order valence-corrected chi connectivity index (χ0v) is 16.2. The first-order valence-corrected chi connectivity index (χ1v) is 8.34. The molecule has 0 amide bonds. The summed E-state index contributed by atoms with van der Waals surface area (Å²) in [5.41, 5.74) is 1.64. The number of para-hydroxylation sites is 1. The van der Waals surface area contributed by atoms with Crippen molar-refractivity contribution in [3.8, 4) is 5.75 Å². The Balaban J connectivity index is 0.00000338. The summed E-state index contributed by atoms with van der Waals surface area (Å²) in [7, 11) is 1.61. The van der Waals surface area contributed by atoms with E-state index < -0.39 is 6.10 Å². The first kappa shape index (κ1) is 22.2. The normalized spacial score (nSPS) is 12.3. The van der Waals surface area contributed by atoms with Gasteiger partial charge in [0.05, 0.1) is 6.61 Å². The second-order valence-electron chi connectivity index (χ2n) is 6.05. The predicted molar refractivity (Wildman–Crippen MR) is 104 cm³/mol. The van der Waals surface area contributed by atoms with Crippen molar-refractivity contribution in [3.63, 3.8) is 0 Å². The van der Waals surface area contributed by atoms with Crippen LogP contribution in [0.5, 0.6) is 5.75 Å². The topological polar surface area (TPSA) is 76.8 Å². The molecular formula is C19H27ClN2O4. The first-order chi connectivity index (χ1) is 12.1. The SMILES string of the molecule is COCc1cc(/C=C/c2ccccc2OCC(O)CNC(C)C)on1.Cl. The van der Waals surface area contributed by atoms with Gasteiger partial charge in [-0.1, -0.05) is 37.2 Å². The quantitative estimate of drug-likeness (QED) is 0.657. The minimum atomic E-state index is -0.565. The van der Waals surface area contributed by atoms with E-state index in [4.69, 9.17) is 14.0 Å². The number of methoxy groups -OCH3 is 1. The van der Waals surface area contributed by atoms with Crippen LogP contribution in [0.3, 0.4) is 0 Å². The zero-order chi connectivity index (χ0) is 18.1. The highest BCUT2D eigenvalue weighted by molar-refractivity contribution is 5.85. The van der Waals surface area contributed by atoms with Crippen LogP contribution in [0, 0.1) is 0 Å². The van der Waals surface area contributed by atoms with Crippen LogP contribution in [-0.4, -0.2) is 42.7 Å². The number of aromatic nitrogens is 1. The second kappa shape index (κ2) is 11.7. The van der Waals surface area contributed by atoms with Gasteiger partial charge in [-0.05, 0) is 18.2 Å². The molecule has 2 rings (SSSR count). The smallest absolute Gasteiger partial charge is 0.160 e. The van der Waals surface area contributed by atoms with Gasteiger partial charge in [-0.25, -0.2) is 0 Å². The highest BCUT2D eigenvalue weighted by atomic mass is 35.5. The minimum Gasteiger partial charge on any atom is -0.490 e. The lowest BCUT2D eigenvalue weighted by Crippen LogP contribution is -2.35. The van der Waals surface area contributed by atoms with E-state index in [0.29, 0.717) is 30.7 Å². The average Bonchev–Trinajstić information content (AvgIpc) is 3.05. The Morgan fingerprint density at radius 1 is 1.27 bits per heavy atom. The molecule has 0 aliphatic heterocycles. The van der Waals surface area contributed by atoms with Crippen molar-refractivity contribution in [2.75, 3.05) is 20.3 Å². The summed E-state index contributed by atoms with van der Waals surface area (Å²) in [5.74, 6) is 1.35. The lowest BCUT2D eigenvalue weighted by atomic mass is 10.1. The van der Waals surface area contributed by atoms with Crippen molar-refractivity contribution >= 4 is 24.6 Å². The molecule has 0 fully saturated rings. The zero-order valence-electron chi connectivity index (χ0n) is 15.3. The first-order valence-electron chi connectivity index (χ1n) is 8.34. The third kappa shape index (κ3) is 7.58. The third-order valence-corrected chi connectivity index (χ3v) is 3.41. The molecule has 144 valence electrons. The summed E-state index contributed by atoms with van der Waals surface area (Å²) < 4.78 is 16.0. The molecule has 0 radical (unpaired) electrons. The number of nitrogens with one attached hydrogen (secondary N) is 1. The van der Waals surface area contributed by atoms with Gasteiger partial charge in [-0.2, -0.15) is 0 Å². The summed E-state index contributed by atoms with van der Waals surface area (Å²) in [4.78, 5) is 0. The molecule has 0 bridgehead atoms. The van der Waals surface area contributed by atoms with Crippen LogP contribution < -0.4 is 10.1 Å². The van der Waals surface area contributed by atoms with E-state index in [0.717, 1.165) is 11.3 Å². The number of benzene rings is 1. The summed E-state index contributed by atoms with van der Waals surface area (Å²) >= 11 is 0. The van der Waals surface area contributed by atoms with E-state index in [1.807, 2.05) is 56.3 Å². The molecule has 6 nitrogen and oxygen atoms in total. The van der Waals surface area contributed by atoms with Gasteiger partial charge in [-0.3, -0.25) is 0 Å². The van der Waals surface area contributed by atoms with Crippen molar-refractivity contribution in [3.05, 3.63) is 47.3 Å². The van der Waals surface area contributed by atoms with E-state index in [1.54, 1.807) is 7.11 Å². The van der Waals surface area contributed by atoms with E-state index in [9.17, 15) is 5.11 Å². The standard InChI is InChI=1S/C19H26N2O4.ClH/c1-14(2)20-11-17(22)13-24-19-7-5-4-6-15(19)8-9-18-10-16(12-23-3)21-25-18;/h4-10,14,17,20,22H,11-13H2,1-3H3;1H/b9-8+;. The number of aliphatic hydroxyl groups excluding tert-OH is 1. The molecular weight excluding hydrogens is 356 g/mol. The number of hydrogen-bond acceptors (Lipinski definition) is 6. The molecule has 0 spiro atoms. The maximum atomic E-state index is 9.97. The highest BCUT2D eigenvalue weighted by Crippen LogP contribution is 2.21. The van der Waals surface area contributed by atoms with Crippen LogP contribution in [0.15, 0.2) is 34.9 Å². The Hall–Kier alpha value is -1.86. The molecule has 1 aromatic carbocycles. The number of ether oxygens (including phenoxy) is 2. The summed E-state index contributed by atoms with van der Waals surface area (Å²) in [5, 5.41) is 17.1. The molecule has 1 unspecified atom stereocenters. The molecule has 0 saturated heterocycles. The van der Waals surface area contributed by atoms with Crippen molar-refractivity contribution in [2.24, 2.45) is 0 Å². The Bertz CT molecular complexity index is 673. The number of halogens is 1. The predicted octanol–water partition coefficient (Wildman–Crippen LogP) is 3.15. The Morgan fingerprint density at radius 2 is 2.04 bits per heavy atom. The van der Waals surface area contributed by atoms with Gasteiger partial charge in [0.25, 0.3) is 0 Å². The molecule has 2 aromatic rings. The highest BCUT2D eigenvalue weighted by Gasteiger charge is 2.08. The van der Waals surface area contributed by atoms with Gasteiger partial charge in [0.1, 0.15) is 24.2 Å². The van der Waals surface area contributed by atoms with Crippen molar-refractivity contribution < 1.29 is 19.1 Å². The number of rotatable bonds is 10. The van der Waals surface area contributed by atoms with Crippen molar-refractivity contribution in [2.45, 2.75) is 32.6 Å². The monoisotopic (exact) mass is 382 g/mol. The Labute approximate surface area is 160 Å². The molecule has 1 heterocycles. The second-order valence-corrected chi connectivity index (χ2v) is 6.05. The fraction of sp³-hybridized carbons (Fsp3) is 0.421. The maximum Gasteiger partial charge on any atom is 0.160 e. The number of aliphatic hydroxyl groups is 1. The van der Waals surface area contributed by atoms with Gasteiger partial charge < -0.3 is 24.4 Å². The summed E-state index contributed by atoms with van der Waals surface area (Å²) in [6, 6.07) is 9.80.